The summed E-state index contributed by atoms with van der Waals surface area (Å²) in [6, 6.07) is 9.71. The molecular formula is C13H14BrN3O. The topological polar surface area (TPSA) is 47.8 Å². The maximum absolute atomic E-state index is 12.6. The molecule has 0 aliphatic rings. The lowest BCUT2D eigenvalue weighted by Gasteiger charge is -2.23. The number of aromatic nitrogens is 3. The zero-order valence-corrected chi connectivity index (χ0v) is 12.1. The minimum absolute atomic E-state index is 0.00641. The number of Topliss-reactive ketones (excluding diaryl/α,β-unsaturated/α-hetero) is 1. The Morgan fingerprint density at radius 2 is 1.89 bits per heavy atom. The molecule has 0 N–H and O–H groups in total. The summed E-state index contributed by atoms with van der Waals surface area (Å²) in [4.78, 5) is 12.6. The molecule has 1 aromatic carbocycles. The highest BCUT2D eigenvalue weighted by atomic mass is 79.9. The van der Waals surface area contributed by atoms with Gasteiger partial charge in [0.05, 0.1) is 5.41 Å². The summed E-state index contributed by atoms with van der Waals surface area (Å²) in [5.41, 5.74) is 0.853. The lowest BCUT2D eigenvalue weighted by molar-refractivity contribution is 0.0898. The summed E-state index contributed by atoms with van der Waals surface area (Å²) >= 11 is 3.27. The van der Waals surface area contributed by atoms with Gasteiger partial charge >= 0.3 is 0 Å². The standard InChI is InChI=1S/C13H14BrN3O/c1-13(2,9-7-5-4-6-8-9)11(18)10-12(14)15-16-17(10)3/h4-8H,1-3H3. The van der Waals surface area contributed by atoms with Gasteiger partial charge in [-0.2, -0.15) is 0 Å². The molecular weight excluding hydrogens is 294 g/mol. The first-order valence-electron chi connectivity index (χ1n) is 5.60. The van der Waals surface area contributed by atoms with E-state index in [0.717, 1.165) is 5.56 Å². The van der Waals surface area contributed by atoms with Gasteiger partial charge in [0.15, 0.2) is 10.4 Å². The Labute approximate surface area is 114 Å². The van der Waals surface area contributed by atoms with Crippen LogP contribution in [0.1, 0.15) is 29.9 Å². The van der Waals surface area contributed by atoms with Gasteiger partial charge in [0.25, 0.3) is 0 Å². The van der Waals surface area contributed by atoms with Crippen molar-refractivity contribution in [3.8, 4) is 0 Å². The van der Waals surface area contributed by atoms with Crippen LogP contribution in [0.5, 0.6) is 0 Å². The van der Waals surface area contributed by atoms with Gasteiger partial charge in [-0.1, -0.05) is 35.5 Å². The van der Waals surface area contributed by atoms with Gasteiger partial charge < -0.3 is 0 Å². The summed E-state index contributed by atoms with van der Waals surface area (Å²) in [7, 11) is 1.71. The van der Waals surface area contributed by atoms with Gasteiger partial charge in [-0.05, 0) is 35.3 Å². The van der Waals surface area contributed by atoms with Gasteiger partial charge in [0.1, 0.15) is 5.69 Å². The van der Waals surface area contributed by atoms with Crippen molar-refractivity contribution in [2.45, 2.75) is 19.3 Å². The fourth-order valence-electron chi connectivity index (χ4n) is 1.85. The minimum Gasteiger partial charge on any atom is -0.291 e. The molecule has 18 heavy (non-hydrogen) atoms. The number of carbonyl (C=O) groups is 1. The quantitative estimate of drug-likeness (QED) is 0.819. The van der Waals surface area contributed by atoms with Gasteiger partial charge in [-0.25, -0.2) is 4.68 Å². The van der Waals surface area contributed by atoms with E-state index in [4.69, 9.17) is 0 Å². The van der Waals surface area contributed by atoms with Gasteiger partial charge in [-0.3, -0.25) is 4.79 Å². The molecule has 5 heteroatoms. The summed E-state index contributed by atoms with van der Waals surface area (Å²) in [6.07, 6.45) is 0. The molecule has 0 amide bonds. The molecule has 0 unspecified atom stereocenters. The van der Waals surface area contributed by atoms with Gasteiger partial charge in [0, 0.05) is 7.05 Å². The summed E-state index contributed by atoms with van der Waals surface area (Å²) in [6.45, 7) is 3.81. The van der Waals surface area contributed by atoms with E-state index < -0.39 is 5.41 Å². The predicted octanol–water partition coefficient (Wildman–Crippen LogP) is 2.74. The van der Waals surface area contributed by atoms with Crippen LogP contribution in [0.25, 0.3) is 0 Å². The first-order valence-corrected chi connectivity index (χ1v) is 6.39. The molecule has 0 saturated carbocycles. The monoisotopic (exact) mass is 307 g/mol. The van der Waals surface area contributed by atoms with E-state index in [2.05, 4.69) is 26.2 Å². The number of nitrogens with zero attached hydrogens (tertiary/aromatic N) is 3. The molecule has 2 aromatic rings. The Balaban J connectivity index is 2.46. The molecule has 0 aliphatic carbocycles. The smallest absolute Gasteiger partial charge is 0.193 e. The molecule has 1 heterocycles. The second kappa shape index (κ2) is 4.65. The third kappa shape index (κ3) is 2.10. The summed E-state index contributed by atoms with van der Waals surface area (Å²) < 4.78 is 1.98. The zero-order valence-electron chi connectivity index (χ0n) is 10.5. The molecule has 94 valence electrons. The minimum atomic E-state index is -0.612. The summed E-state index contributed by atoms with van der Waals surface area (Å²) in [5.74, 6) is -0.00641. The predicted molar refractivity (Wildman–Crippen MR) is 72.5 cm³/mol. The van der Waals surface area contributed by atoms with E-state index in [-0.39, 0.29) is 5.78 Å². The number of halogens is 1. The van der Waals surface area contributed by atoms with Crippen molar-refractivity contribution in [1.82, 2.24) is 15.0 Å². The van der Waals surface area contributed by atoms with Crippen molar-refractivity contribution >= 4 is 21.7 Å². The van der Waals surface area contributed by atoms with Crippen LogP contribution in [0.4, 0.5) is 0 Å². The second-order valence-electron chi connectivity index (χ2n) is 4.67. The molecule has 2 rings (SSSR count). The number of ketones is 1. The van der Waals surface area contributed by atoms with Crippen LogP contribution in [0.3, 0.4) is 0 Å². The molecule has 4 nitrogen and oxygen atoms in total. The Bertz CT molecular complexity index is 556. The van der Waals surface area contributed by atoms with E-state index in [1.165, 1.54) is 4.68 Å². The lowest BCUT2D eigenvalue weighted by atomic mass is 9.79. The highest BCUT2D eigenvalue weighted by Crippen LogP contribution is 2.29. The Morgan fingerprint density at radius 1 is 1.28 bits per heavy atom. The fraction of sp³-hybridized carbons (Fsp3) is 0.308. The third-order valence-corrected chi connectivity index (χ3v) is 3.60. The fourth-order valence-corrected chi connectivity index (χ4v) is 2.36. The number of carbonyl (C=O) groups excluding carboxylic acids is 1. The molecule has 0 fully saturated rings. The molecule has 0 spiro atoms. The first-order chi connectivity index (χ1) is 8.44. The SMILES string of the molecule is Cn1nnc(Br)c1C(=O)C(C)(C)c1ccccc1. The molecule has 0 bridgehead atoms. The van der Waals surface area contributed by atoms with Gasteiger partial charge in [0.2, 0.25) is 0 Å². The van der Waals surface area contributed by atoms with Crippen molar-refractivity contribution in [2.75, 3.05) is 0 Å². The van der Waals surface area contributed by atoms with Gasteiger partial charge in [-0.15, -0.1) is 5.10 Å². The average Bonchev–Trinajstić information content (AvgIpc) is 2.69. The number of rotatable bonds is 3. The lowest BCUT2D eigenvalue weighted by Crippen LogP contribution is -2.31. The number of hydrogen-bond acceptors (Lipinski definition) is 3. The second-order valence-corrected chi connectivity index (χ2v) is 5.42. The number of aryl methyl sites for hydroxylation is 1. The van der Waals surface area contributed by atoms with Crippen molar-refractivity contribution in [1.29, 1.82) is 0 Å². The van der Waals surface area contributed by atoms with Crippen LogP contribution in [-0.2, 0) is 12.5 Å². The Kier molecular flexibility index (Phi) is 3.34. The van der Waals surface area contributed by atoms with Crippen LogP contribution in [0.15, 0.2) is 34.9 Å². The Hall–Kier alpha value is -1.49. The molecule has 1 aromatic heterocycles. The van der Waals surface area contributed by atoms with Crippen molar-refractivity contribution in [2.24, 2.45) is 7.05 Å². The highest BCUT2D eigenvalue weighted by molar-refractivity contribution is 9.10. The largest absolute Gasteiger partial charge is 0.291 e. The van der Waals surface area contributed by atoms with E-state index >= 15 is 0 Å². The number of hydrogen-bond donors (Lipinski definition) is 0. The van der Waals surface area contributed by atoms with Crippen LogP contribution >= 0.6 is 15.9 Å². The first kappa shape index (κ1) is 13.0. The molecule has 0 aliphatic heterocycles. The van der Waals surface area contributed by atoms with E-state index in [1.807, 2.05) is 44.2 Å². The van der Waals surface area contributed by atoms with Crippen molar-refractivity contribution in [3.63, 3.8) is 0 Å². The van der Waals surface area contributed by atoms with E-state index in [1.54, 1.807) is 7.05 Å². The van der Waals surface area contributed by atoms with E-state index in [0.29, 0.717) is 10.3 Å². The third-order valence-electron chi connectivity index (χ3n) is 3.06. The van der Waals surface area contributed by atoms with Crippen molar-refractivity contribution < 1.29 is 4.79 Å². The summed E-state index contributed by atoms with van der Waals surface area (Å²) in [5, 5.41) is 7.70. The van der Waals surface area contributed by atoms with Crippen molar-refractivity contribution in [3.05, 3.63) is 46.2 Å². The normalized spacial score (nSPS) is 11.6. The van der Waals surface area contributed by atoms with Crippen LogP contribution in [0, 0.1) is 0 Å². The molecule has 0 radical (unpaired) electrons. The highest BCUT2D eigenvalue weighted by Gasteiger charge is 2.34. The van der Waals surface area contributed by atoms with E-state index in [9.17, 15) is 4.79 Å². The Morgan fingerprint density at radius 3 is 2.39 bits per heavy atom. The van der Waals surface area contributed by atoms with Crippen LogP contribution in [0.2, 0.25) is 0 Å². The number of benzene rings is 1. The maximum Gasteiger partial charge on any atom is 0.193 e. The average molecular weight is 308 g/mol. The van der Waals surface area contributed by atoms with Crippen LogP contribution in [-0.4, -0.2) is 20.8 Å². The molecule has 0 saturated heterocycles. The molecule has 0 atom stereocenters. The maximum atomic E-state index is 12.6. The van der Waals surface area contributed by atoms with Crippen LogP contribution < -0.4 is 0 Å². The zero-order chi connectivity index (χ0) is 13.3.